The zero-order chi connectivity index (χ0) is 17.5. The Labute approximate surface area is 139 Å². The van der Waals surface area contributed by atoms with Gasteiger partial charge in [0.05, 0.1) is 25.3 Å². The summed E-state index contributed by atoms with van der Waals surface area (Å²) in [7, 11) is 2.62. The molecule has 122 valence electrons. The second kappa shape index (κ2) is 7.87. The van der Waals surface area contributed by atoms with Crippen LogP contribution in [0.3, 0.4) is 0 Å². The summed E-state index contributed by atoms with van der Waals surface area (Å²) in [5, 5.41) is 0. The maximum absolute atomic E-state index is 12.1. The summed E-state index contributed by atoms with van der Waals surface area (Å²) in [6.07, 6.45) is 3.08. The first kappa shape index (κ1) is 17.1. The normalized spacial score (nSPS) is 10.4. The van der Waals surface area contributed by atoms with Crippen LogP contribution in [0.2, 0.25) is 0 Å². The van der Waals surface area contributed by atoms with Crippen LogP contribution in [0, 0.1) is 0 Å². The minimum absolute atomic E-state index is 0.191. The summed E-state index contributed by atoms with van der Waals surface area (Å²) in [4.78, 5) is 34.8. The van der Waals surface area contributed by atoms with Crippen molar-refractivity contribution >= 4 is 23.8 Å². The van der Waals surface area contributed by atoms with Crippen molar-refractivity contribution < 1.29 is 23.9 Å². The Morgan fingerprint density at radius 2 is 1.12 bits per heavy atom. The first-order valence-corrected chi connectivity index (χ1v) is 7.14. The fourth-order valence-corrected chi connectivity index (χ4v) is 2.00. The van der Waals surface area contributed by atoms with Gasteiger partial charge in [0.2, 0.25) is 0 Å². The molecule has 0 spiro atoms. The number of methoxy groups -OCH3 is 2. The molecule has 5 heteroatoms. The van der Waals surface area contributed by atoms with Crippen LogP contribution >= 0.6 is 0 Å². The first-order valence-electron chi connectivity index (χ1n) is 7.14. The fourth-order valence-electron chi connectivity index (χ4n) is 2.00. The third kappa shape index (κ3) is 4.16. The maximum Gasteiger partial charge on any atom is 0.337 e. The third-order valence-corrected chi connectivity index (χ3v) is 3.35. The molecular formula is C19H16O5. The molecule has 2 aromatic rings. The number of benzene rings is 2. The lowest BCUT2D eigenvalue weighted by Crippen LogP contribution is -2.02. The molecule has 0 aliphatic rings. The molecular weight excluding hydrogens is 308 g/mol. The summed E-state index contributed by atoms with van der Waals surface area (Å²) in [5.41, 5.74) is 2.07. The molecule has 0 aromatic heterocycles. The van der Waals surface area contributed by atoms with Crippen molar-refractivity contribution in [3.05, 3.63) is 76.9 Å². The Kier molecular flexibility index (Phi) is 5.63. The highest BCUT2D eigenvalue weighted by Crippen LogP contribution is 2.10. The van der Waals surface area contributed by atoms with Crippen molar-refractivity contribution in [1.29, 1.82) is 0 Å². The highest BCUT2D eigenvalue weighted by atomic mass is 16.5. The predicted molar refractivity (Wildman–Crippen MR) is 88.9 cm³/mol. The van der Waals surface area contributed by atoms with E-state index in [2.05, 4.69) is 9.47 Å². The summed E-state index contributed by atoms with van der Waals surface area (Å²) in [6.45, 7) is 0. The summed E-state index contributed by atoms with van der Waals surface area (Å²) >= 11 is 0. The van der Waals surface area contributed by atoms with Gasteiger partial charge in [0.25, 0.3) is 0 Å². The number of ether oxygens (including phenoxy) is 2. The standard InChI is InChI=1S/C19H16O5/c1-23-18(21)15-6-3-13(4-7-15)5-12-17(20)14-8-10-16(11-9-14)19(22)24-2/h3-12H,1-2H3/b12-5+. The lowest BCUT2D eigenvalue weighted by Gasteiger charge is -2.01. The van der Waals surface area contributed by atoms with Gasteiger partial charge in [-0.15, -0.1) is 0 Å². The van der Waals surface area contributed by atoms with E-state index in [4.69, 9.17) is 0 Å². The van der Waals surface area contributed by atoms with Crippen molar-refractivity contribution in [2.24, 2.45) is 0 Å². The quantitative estimate of drug-likeness (QED) is 0.480. The molecule has 0 fully saturated rings. The Morgan fingerprint density at radius 1 is 0.708 bits per heavy atom. The van der Waals surface area contributed by atoms with Crippen LogP contribution in [0.5, 0.6) is 0 Å². The van der Waals surface area contributed by atoms with Crippen LogP contribution in [0.4, 0.5) is 0 Å². The largest absolute Gasteiger partial charge is 0.465 e. The van der Waals surface area contributed by atoms with Gasteiger partial charge in [-0.2, -0.15) is 0 Å². The van der Waals surface area contributed by atoms with E-state index in [1.165, 1.54) is 32.4 Å². The van der Waals surface area contributed by atoms with Crippen molar-refractivity contribution in [1.82, 2.24) is 0 Å². The molecule has 2 rings (SSSR count). The number of esters is 2. The van der Waals surface area contributed by atoms with Gasteiger partial charge < -0.3 is 9.47 Å². The Balaban J connectivity index is 2.07. The summed E-state index contributed by atoms with van der Waals surface area (Å²) in [6, 6.07) is 12.9. The van der Waals surface area contributed by atoms with Gasteiger partial charge in [-0.1, -0.05) is 30.3 Å². The van der Waals surface area contributed by atoms with Gasteiger partial charge >= 0.3 is 11.9 Å². The van der Waals surface area contributed by atoms with Gasteiger partial charge in [-0.05, 0) is 35.9 Å². The Bertz CT molecular complexity index is 770. The molecule has 0 saturated carbocycles. The third-order valence-electron chi connectivity index (χ3n) is 3.35. The Hall–Kier alpha value is -3.21. The van der Waals surface area contributed by atoms with Gasteiger partial charge in [-0.25, -0.2) is 9.59 Å². The number of hydrogen-bond acceptors (Lipinski definition) is 5. The topological polar surface area (TPSA) is 69.7 Å². The second-order valence-electron chi connectivity index (χ2n) is 4.88. The minimum atomic E-state index is -0.449. The van der Waals surface area contributed by atoms with Crippen LogP contribution in [0.15, 0.2) is 54.6 Å². The zero-order valence-electron chi connectivity index (χ0n) is 13.3. The molecule has 0 unspecified atom stereocenters. The first-order chi connectivity index (χ1) is 11.5. The van der Waals surface area contributed by atoms with Gasteiger partial charge in [0.15, 0.2) is 5.78 Å². The second-order valence-corrected chi connectivity index (χ2v) is 4.88. The average Bonchev–Trinajstić information content (AvgIpc) is 2.65. The van der Waals surface area contributed by atoms with E-state index in [1.54, 1.807) is 42.5 Å². The van der Waals surface area contributed by atoms with Crippen molar-refractivity contribution in [2.75, 3.05) is 14.2 Å². The molecule has 2 aromatic carbocycles. The predicted octanol–water partition coefficient (Wildman–Crippen LogP) is 3.16. The highest BCUT2D eigenvalue weighted by Gasteiger charge is 2.07. The van der Waals surface area contributed by atoms with Crippen LogP contribution in [-0.4, -0.2) is 31.9 Å². The van der Waals surface area contributed by atoms with Gasteiger partial charge in [0, 0.05) is 5.56 Å². The van der Waals surface area contributed by atoms with E-state index in [0.29, 0.717) is 16.7 Å². The molecule has 0 bridgehead atoms. The van der Waals surface area contributed by atoms with E-state index < -0.39 is 11.9 Å². The molecule has 0 radical (unpaired) electrons. The highest BCUT2D eigenvalue weighted by molar-refractivity contribution is 6.07. The number of allylic oxidation sites excluding steroid dienone is 1. The zero-order valence-corrected chi connectivity index (χ0v) is 13.3. The number of hydrogen-bond donors (Lipinski definition) is 0. The van der Waals surface area contributed by atoms with E-state index in [9.17, 15) is 14.4 Å². The molecule has 0 amide bonds. The smallest absolute Gasteiger partial charge is 0.337 e. The van der Waals surface area contributed by atoms with Crippen LogP contribution in [0.1, 0.15) is 36.6 Å². The molecule has 0 aliphatic heterocycles. The molecule has 0 atom stereocenters. The summed E-state index contributed by atoms with van der Waals surface area (Å²) < 4.78 is 9.23. The number of ketones is 1. The monoisotopic (exact) mass is 324 g/mol. The molecule has 0 aliphatic carbocycles. The van der Waals surface area contributed by atoms with Crippen molar-refractivity contribution in [3.8, 4) is 0 Å². The molecule has 0 N–H and O–H groups in total. The average molecular weight is 324 g/mol. The van der Waals surface area contributed by atoms with E-state index in [0.717, 1.165) is 5.56 Å². The fraction of sp³-hybridized carbons (Fsp3) is 0.105. The minimum Gasteiger partial charge on any atom is -0.465 e. The van der Waals surface area contributed by atoms with E-state index in [1.807, 2.05) is 0 Å². The van der Waals surface area contributed by atoms with Crippen LogP contribution in [0.25, 0.3) is 6.08 Å². The maximum atomic E-state index is 12.1. The van der Waals surface area contributed by atoms with E-state index >= 15 is 0 Å². The summed E-state index contributed by atoms with van der Waals surface area (Å²) in [5.74, 6) is -1.05. The molecule has 24 heavy (non-hydrogen) atoms. The molecule has 0 saturated heterocycles. The Morgan fingerprint density at radius 3 is 1.58 bits per heavy atom. The van der Waals surface area contributed by atoms with Crippen molar-refractivity contribution in [2.45, 2.75) is 0 Å². The number of rotatable bonds is 5. The van der Waals surface area contributed by atoms with Crippen LogP contribution < -0.4 is 0 Å². The lowest BCUT2D eigenvalue weighted by molar-refractivity contribution is 0.0592. The van der Waals surface area contributed by atoms with Gasteiger partial charge in [-0.3, -0.25) is 4.79 Å². The number of carbonyl (C=O) groups is 3. The lowest BCUT2D eigenvalue weighted by atomic mass is 10.1. The van der Waals surface area contributed by atoms with E-state index in [-0.39, 0.29) is 5.78 Å². The molecule has 0 heterocycles. The van der Waals surface area contributed by atoms with Crippen molar-refractivity contribution in [3.63, 3.8) is 0 Å². The van der Waals surface area contributed by atoms with Gasteiger partial charge in [0.1, 0.15) is 0 Å². The molecule has 5 nitrogen and oxygen atoms in total. The van der Waals surface area contributed by atoms with Crippen LogP contribution in [-0.2, 0) is 9.47 Å². The number of carbonyl (C=O) groups excluding carboxylic acids is 3. The SMILES string of the molecule is COC(=O)c1ccc(/C=C/C(=O)c2ccc(C(=O)OC)cc2)cc1.